The van der Waals surface area contributed by atoms with Crippen molar-refractivity contribution < 1.29 is 9.63 Å². The Morgan fingerprint density at radius 2 is 2.50 bits per heavy atom. The smallest absolute Gasteiger partial charge is 0.376 e. The van der Waals surface area contributed by atoms with Crippen LogP contribution in [-0.4, -0.2) is 12.6 Å². The molecule has 0 aromatic heterocycles. The van der Waals surface area contributed by atoms with Gasteiger partial charge in [-0.15, -0.1) is 0 Å². The van der Waals surface area contributed by atoms with Crippen molar-refractivity contribution in [2.24, 2.45) is 16.2 Å². The van der Waals surface area contributed by atoms with Crippen molar-refractivity contribution in [3.8, 4) is 0 Å². The van der Waals surface area contributed by atoms with Crippen LogP contribution in [0.25, 0.3) is 0 Å². The number of hydrogen-bond acceptors (Lipinski definition) is 4. The van der Waals surface area contributed by atoms with Crippen molar-refractivity contribution in [1.82, 2.24) is 5.43 Å². The summed E-state index contributed by atoms with van der Waals surface area (Å²) in [4.78, 5) is 14.7. The van der Waals surface area contributed by atoms with E-state index < -0.39 is 6.03 Å². The number of rotatable bonds is 3. The minimum atomic E-state index is -0.726. The molecule has 0 aliphatic rings. The van der Waals surface area contributed by atoms with Crippen LogP contribution in [0.1, 0.15) is 13.3 Å². The summed E-state index contributed by atoms with van der Waals surface area (Å²) in [6.07, 6.45) is 0.823. The molecule has 0 saturated carbocycles. The predicted molar refractivity (Wildman–Crippen MR) is 33.8 cm³/mol. The standard InChI is InChI=1S/C4H10N4O2/c1-2-3-10-8-7-4(9)6-5/h2-3,5H2,1H3,(H,6,9)/b8-7+. The molecule has 0 aromatic rings. The van der Waals surface area contributed by atoms with Gasteiger partial charge in [-0.25, -0.2) is 10.6 Å². The van der Waals surface area contributed by atoms with Crippen LogP contribution in [0.2, 0.25) is 0 Å². The molecule has 0 spiro atoms. The van der Waals surface area contributed by atoms with Crippen LogP contribution in [0, 0.1) is 0 Å². The summed E-state index contributed by atoms with van der Waals surface area (Å²) in [5.74, 6) is 4.68. The van der Waals surface area contributed by atoms with Gasteiger partial charge >= 0.3 is 6.03 Å². The first kappa shape index (κ1) is 8.83. The minimum Gasteiger partial charge on any atom is -0.379 e. The van der Waals surface area contributed by atoms with Gasteiger partial charge in [-0.2, -0.15) is 0 Å². The number of nitrogens with zero attached hydrogens (tertiary/aromatic N) is 2. The Morgan fingerprint density at radius 3 is 3.00 bits per heavy atom. The average Bonchev–Trinajstić information content (AvgIpc) is 1.98. The number of carbonyl (C=O) groups excluding carboxylic acids is 1. The Labute approximate surface area is 58.4 Å². The molecule has 6 heteroatoms. The normalized spacial score (nSPS) is 9.80. The first-order valence-electron chi connectivity index (χ1n) is 2.84. The zero-order chi connectivity index (χ0) is 7.82. The van der Waals surface area contributed by atoms with Crippen LogP contribution in [0.4, 0.5) is 4.79 Å². The number of hydrazine groups is 1. The topological polar surface area (TPSA) is 89.1 Å². The molecule has 0 aromatic carbocycles. The third-order valence-corrected chi connectivity index (χ3v) is 0.608. The molecule has 0 aliphatic carbocycles. The highest BCUT2D eigenvalue weighted by Crippen LogP contribution is 1.82. The van der Waals surface area contributed by atoms with Crippen molar-refractivity contribution in [3.05, 3.63) is 0 Å². The van der Waals surface area contributed by atoms with E-state index in [9.17, 15) is 4.79 Å². The molecule has 0 heterocycles. The SMILES string of the molecule is CCCO/N=N/C(=O)NN. The maximum Gasteiger partial charge on any atom is 0.376 e. The third-order valence-electron chi connectivity index (χ3n) is 0.608. The molecule has 6 nitrogen and oxygen atoms in total. The molecule has 0 saturated heterocycles. The van der Waals surface area contributed by atoms with Gasteiger partial charge < -0.3 is 4.84 Å². The van der Waals surface area contributed by atoms with Crippen LogP contribution in [0.5, 0.6) is 0 Å². The Morgan fingerprint density at radius 1 is 1.80 bits per heavy atom. The summed E-state index contributed by atoms with van der Waals surface area (Å²) in [5.41, 5.74) is 1.76. The second-order valence-electron chi connectivity index (χ2n) is 1.46. The zero-order valence-corrected chi connectivity index (χ0v) is 5.70. The highest BCUT2D eigenvalue weighted by Gasteiger charge is 1.89. The van der Waals surface area contributed by atoms with E-state index in [0.717, 1.165) is 6.42 Å². The van der Waals surface area contributed by atoms with Crippen molar-refractivity contribution in [2.75, 3.05) is 6.61 Å². The first-order valence-corrected chi connectivity index (χ1v) is 2.84. The summed E-state index contributed by atoms with van der Waals surface area (Å²) in [6.45, 7) is 2.36. The second-order valence-corrected chi connectivity index (χ2v) is 1.46. The van der Waals surface area contributed by atoms with E-state index in [0.29, 0.717) is 6.61 Å². The fourth-order valence-electron chi connectivity index (χ4n) is 0.227. The number of nitrogens with one attached hydrogen (secondary N) is 1. The molecule has 0 radical (unpaired) electrons. The van der Waals surface area contributed by atoms with Crippen molar-refractivity contribution in [2.45, 2.75) is 13.3 Å². The lowest BCUT2D eigenvalue weighted by molar-refractivity contribution is 0.124. The molecular formula is C4H10N4O2. The van der Waals surface area contributed by atoms with E-state index >= 15 is 0 Å². The summed E-state index contributed by atoms with van der Waals surface area (Å²) >= 11 is 0. The van der Waals surface area contributed by atoms with E-state index in [1.165, 1.54) is 0 Å². The Balaban J connectivity index is 3.27. The molecule has 0 unspecified atom stereocenters. The summed E-state index contributed by atoms with van der Waals surface area (Å²) in [5, 5.41) is 6.07. The van der Waals surface area contributed by atoms with Gasteiger partial charge in [-0.1, -0.05) is 12.0 Å². The molecule has 58 valence electrons. The maximum atomic E-state index is 10.2. The third kappa shape index (κ3) is 4.98. The Hall–Kier alpha value is -1.17. The van der Waals surface area contributed by atoms with E-state index in [2.05, 4.69) is 21.1 Å². The van der Waals surface area contributed by atoms with Gasteiger partial charge in [0.05, 0.1) is 0 Å². The summed E-state index contributed by atoms with van der Waals surface area (Å²) < 4.78 is 0. The van der Waals surface area contributed by atoms with E-state index in [1.807, 2.05) is 6.92 Å². The van der Waals surface area contributed by atoms with Crippen LogP contribution >= 0.6 is 0 Å². The minimum absolute atomic E-state index is 0.446. The number of carbonyl (C=O) groups is 1. The highest BCUT2D eigenvalue weighted by molar-refractivity contribution is 5.73. The predicted octanol–water partition coefficient (Wildman–Crippen LogP) is 0.364. The van der Waals surface area contributed by atoms with E-state index in [-0.39, 0.29) is 0 Å². The summed E-state index contributed by atoms with van der Waals surface area (Å²) in [7, 11) is 0. The van der Waals surface area contributed by atoms with Gasteiger partial charge in [0.15, 0.2) is 0 Å². The van der Waals surface area contributed by atoms with Gasteiger partial charge in [-0.3, -0.25) is 5.43 Å². The van der Waals surface area contributed by atoms with E-state index in [4.69, 9.17) is 0 Å². The quantitative estimate of drug-likeness (QED) is 0.198. The van der Waals surface area contributed by atoms with Gasteiger partial charge in [0.25, 0.3) is 0 Å². The van der Waals surface area contributed by atoms with Crippen LogP contribution in [0.3, 0.4) is 0 Å². The second kappa shape index (κ2) is 5.96. The van der Waals surface area contributed by atoms with Crippen LogP contribution < -0.4 is 11.3 Å². The summed E-state index contributed by atoms with van der Waals surface area (Å²) in [6, 6.07) is -0.726. The van der Waals surface area contributed by atoms with Gasteiger partial charge in [0.1, 0.15) is 6.61 Å². The lowest BCUT2D eigenvalue weighted by Gasteiger charge is -1.90. The monoisotopic (exact) mass is 146 g/mol. The lowest BCUT2D eigenvalue weighted by atomic mass is 10.5. The molecule has 0 rings (SSSR count). The van der Waals surface area contributed by atoms with Crippen molar-refractivity contribution >= 4 is 6.03 Å². The first-order chi connectivity index (χ1) is 4.81. The van der Waals surface area contributed by atoms with Gasteiger partial charge in [0.2, 0.25) is 0 Å². The molecule has 10 heavy (non-hydrogen) atoms. The van der Waals surface area contributed by atoms with Gasteiger partial charge in [-0.05, 0) is 6.42 Å². The van der Waals surface area contributed by atoms with Crippen LogP contribution in [-0.2, 0) is 4.84 Å². The molecule has 0 aliphatic heterocycles. The fourth-order valence-corrected chi connectivity index (χ4v) is 0.227. The molecule has 0 fully saturated rings. The number of hydrogen-bond donors (Lipinski definition) is 2. The largest absolute Gasteiger partial charge is 0.379 e. The lowest BCUT2D eigenvalue weighted by Crippen LogP contribution is -2.26. The van der Waals surface area contributed by atoms with Crippen molar-refractivity contribution in [1.29, 1.82) is 0 Å². The Bertz CT molecular complexity index is 124. The molecular weight excluding hydrogens is 136 g/mol. The van der Waals surface area contributed by atoms with E-state index in [1.54, 1.807) is 5.43 Å². The fraction of sp³-hybridized carbons (Fsp3) is 0.750. The maximum absolute atomic E-state index is 10.2. The zero-order valence-electron chi connectivity index (χ0n) is 5.70. The number of amides is 2. The average molecular weight is 146 g/mol. The molecule has 0 atom stereocenters. The van der Waals surface area contributed by atoms with Crippen molar-refractivity contribution in [3.63, 3.8) is 0 Å². The Kier molecular flexibility index (Phi) is 5.26. The highest BCUT2D eigenvalue weighted by atomic mass is 16.6. The molecule has 0 bridgehead atoms. The molecule has 3 N–H and O–H groups in total. The number of urea groups is 1. The van der Waals surface area contributed by atoms with Crippen LogP contribution in [0.15, 0.2) is 10.4 Å². The number of nitrogens with two attached hydrogens (primary N) is 1. The molecule has 2 amide bonds. The van der Waals surface area contributed by atoms with Gasteiger partial charge in [0, 0.05) is 5.28 Å².